The summed E-state index contributed by atoms with van der Waals surface area (Å²) in [5, 5.41) is 0. The second kappa shape index (κ2) is 6.35. The Kier molecular flexibility index (Phi) is 4.64. The molecule has 0 saturated heterocycles. The number of methoxy groups -OCH3 is 2. The first-order valence-corrected chi connectivity index (χ1v) is 7.32. The molecule has 7 heteroatoms. The van der Waals surface area contributed by atoms with Gasteiger partial charge in [0.1, 0.15) is 11.3 Å². The van der Waals surface area contributed by atoms with Gasteiger partial charge in [-0.3, -0.25) is 14.3 Å². The summed E-state index contributed by atoms with van der Waals surface area (Å²) in [5.74, 6) is -0.174. The zero-order chi connectivity index (χ0) is 18.1. The number of H-pyrrole nitrogens is 1. The van der Waals surface area contributed by atoms with E-state index in [4.69, 9.17) is 9.47 Å². The molecule has 1 aromatic carbocycles. The number of aromatic amines is 1. The van der Waals surface area contributed by atoms with Gasteiger partial charge in [0.05, 0.1) is 19.9 Å². The first kappa shape index (κ1) is 17.5. The largest absolute Gasteiger partial charge is 0.496 e. The number of carbonyl (C=O) groups is 1. The molecule has 0 saturated carbocycles. The van der Waals surface area contributed by atoms with Crippen LogP contribution in [0.1, 0.15) is 36.7 Å². The Balaban J connectivity index is 2.85. The minimum absolute atomic E-state index is 0.209. The summed E-state index contributed by atoms with van der Waals surface area (Å²) < 4.78 is 11.5. The average molecular weight is 332 g/mol. The highest BCUT2D eigenvalue weighted by Gasteiger charge is 2.26. The van der Waals surface area contributed by atoms with Crippen molar-refractivity contribution in [1.82, 2.24) is 9.55 Å². The molecule has 0 amide bonds. The topological polar surface area (TPSA) is 90.4 Å². The molecule has 2 rings (SSSR count). The van der Waals surface area contributed by atoms with Gasteiger partial charge in [0.25, 0.3) is 5.56 Å². The minimum Gasteiger partial charge on any atom is -0.496 e. The van der Waals surface area contributed by atoms with E-state index < -0.39 is 17.2 Å². The third-order valence-electron chi connectivity index (χ3n) is 3.59. The van der Waals surface area contributed by atoms with E-state index in [1.54, 1.807) is 6.07 Å². The van der Waals surface area contributed by atoms with Crippen molar-refractivity contribution in [2.24, 2.45) is 0 Å². The average Bonchev–Trinajstić information content (AvgIpc) is 2.52. The summed E-state index contributed by atoms with van der Waals surface area (Å²) in [4.78, 5) is 37.7. The number of esters is 1. The molecule has 0 bridgehead atoms. The molecule has 1 aromatic heterocycles. The molecule has 0 fully saturated rings. The molecule has 0 spiro atoms. The lowest BCUT2D eigenvalue weighted by Gasteiger charge is -2.24. The fourth-order valence-electron chi connectivity index (χ4n) is 2.41. The van der Waals surface area contributed by atoms with Gasteiger partial charge >= 0.3 is 11.7 Å². The Morgan fingerprint density at radius 2 is 1.83 bits per heavy atom. The number of nitrogens with one attached hydrogen (secondary N) is 1. The van der Waals surface area contributed by atoms with Crippen LogP contribution in [0.4, 0.5) is 0 Å². The molecule has 1 heterocycles. The molecule has 7 nitrogen and oxygen atoms in total. The number of aromatic nitrogens is 2. The van der Waals surface area contributed by atoms with Gasteiger partial charge in [-0.1, -0.05) is 20.8 Å². The second-order valence-electron chi connectivity index (χ2n) is 6.30. The Bertz CT molecular complexity index is 887. The zero-order valence-electron chi connectivity index (χ0n) is 14.3. The van der Waals surface area contributed by atoms with Crippen LogP contribution < -0.4 is 16.0 Å². The van der Waals surface area contributed by atoms with Gasteiger partial charge in [0.2, 0.25) is 0 Å². The van der Waals surface area contributed by atoms with E-state index >= 15 is 0 Å². The van der Waals surface area contributed by atoms with E-state index in [9.17, 15) is 14.4 Å². The Hall–Kier alpha value is -2.83. The highest BCUT2D eigenvalue weighted by Crippen LogP contribution is 2.36. The summed E-state index contributed by atoms with van der Waals surface area (Å²) in [5.41, 5.74) is -0.0585. The molecule has 0 radical (unpaired) electrons. The van der Waals surface area contributed by atoms with Gasteiger partial charge in [-0.25, -0.2) is 9.59 Å². The normalized spacial score (nSPS) is 11.2. The monoisotopic (exact) mass is 332 g/mol. The molecule has 0 unspecified atom stereocenters. The Morgan fingerprint density at radius 3 is 2.33 bits per heavy atom. The van der Waals surface area contributed by atoms with E-state index in [1.807, 2.05) is 20.8 Å². The van der Waals surface area contributed by atoms with E-state index in [-0.39, 0.29) is 11.0 Å². The number of carbonyl (C=O) groups excluding carboxylic acids is 1. The van der Waals surface area contributed by atoms with Crippen molar-refractivity contribution in [3.05, 3.63) is 56.4 Å². The third-order valence-corrected chi connectivity index (χ3v) is 3.59. The number of nitrogens with zero attached hydrogens (tertiary/aromatic N) is 1. The van der Waals surface area contributed by atoms with Crippen molar-refractivity contribution in [2.75, 3.05) is 14.2 Å². The summed E-state index contributed by atoms with van der Waals surface area (Å²) >= 11 is 0. The number of rotatable bonds is 3. The van der Waals surface area contributed by atoms with E-state index in [0.717, 1.165) is 5.56 Å². The maximum absolute atomic E-state index is 12.1. The van der Waals surface area contributed by atoms with Gasteiger partial charge in [0, 0.05) is 17.8 Å². The second-order valence-corrected chi connectivity index (χ2v) is 6.30. The molecule has 128 valence electrons. The fourth-order valence-corrected chi connectivity index (χ4v) is 2.41. The van der Waals surface area contributed by atoms with Crippen molar-refractivity contribution in [1.29, 1.82) is 0 Å². The van der Waals surface area contributed by atoms with Gasteiger partial charge < -0.3 is 9.47 Å². The van der Waals surface area contributed by atoms with Crippen LogP contribution in [0.25, 0.3) is 5.69 Å². The van der Waals surface area contributed by atoms with Crippen LogP contribution in [-0.2, 0) is 10.2 Å². The molecule has 0 atom stereocenters. The SMILES string of the molecule is COC(=O)c1cc(-n2ccc(=O)[nH]c2=O)cc(C(C)(C)C)c1OC. The number of hydrogen-bond donors (Lipinski definition) is 1. The standard InChI is InChI=1S/C17H20N2O5/c1-17(2,3)12-9-10(19-7-6-13(20)18-16(19)22)8-11(14(12)23-4)15(21)24-5/h6-9H,1-5H3,(H,18,20,22). The van der Waals surface area contributed by atoms with Crippen LogP contribution >= 0.6 is 0 Å². The van der Waals surface area contributed by atoms with Crippen molar-refractivity contribution < 1.29 is 14.3 Å². The number of hydrogen-bond acceptors (Lipinski definition) is 5. The molecule has 0 aliphatic rings. The lowest BCUT2D eigenvalue weighted by atomic mass is 9.84. The summed E-state index contributed by atoms with van der Waals surface area (Å²) in [7, 11) is 2.75. The van der Waals surface area contributed by atoms with Crippen molar-refractivity contribution >= 4 is 5.97 Å². The van der Waals surface area contributed by atoms with Gasteiger partial charge in [-0.2, -0.15) is 0 Å². The van der Waals surface area contributed by atoms with Crippen molar-refractivity contribution in [3.8, 4) is 11.4 Å². The predicted octanol–water partition coefficient (Wildman–Crippen LogP) is 1.62. The van der Waals surface area contributed by atoms with Crippen LogP contribution in [-0.4, -0.2) is 29.7 Å². The number of ether oxygens (including phenoxy) is 2. The summed E-state index contributed by atoms with van der Waals surface area (Å²) in [6.45, 7) is 5.89. The molecule has 0 aliphatic carbocycles. The minimum atomic E-state index is -0.594. The van der Waals surface area contributed by atoms with Gasteiger partial charge in [-0.15, -0.1) is 0 Å². The third kappa shape index (κ3) is 3.24. The summed E-state index contributed by atoms with van der Waals surface area (Å²) in [6.07, 6.45) is 1.36. The van der Waals surface area contributed by atoms with Gasteiger partial charge in [0.15, 0.2) is 0 Å². The van der Waals surface area contributed by atoms with E-state index in [1.165, 1.54) is 37.1 Å². The Morgan fingerprint density at radius 1 is 1.17 bits per heavy atom. The quantitative estimate of drug-likeness (QED) is 0.863. The molecule has 1 N–H and O–H groups in total. The maximum Gasteiger partial charge on any atom is 0.341 e. The van der Waals surface area contributed by atoms with Crippen LogP contribution in [0, 0.1) is 0 Å². The maximum atomic E-state index is 12.1. The summed E-state index contributed by atoms with van der Waals surface area (Å²) in [6, 6.07) is 4.49. The van der Waals surface area contributed by atoms with E-state index in [2.05, 4.69) is 4.98 Å². The number of benzene rings is 1. The van der Waals surface area contributed by atoms with Crippen LogP contribution in [0.15, 0.2) is 34.0 Å². The predicted molar refractivity (Wildman–Crippen MR) is 89.3 cm³/mol. The highest BCUT2D eigenvalue weighted by atomic mass is 16.5. The smallest absolute Gasteiger partial charge is 0.341 e. The molecule has 2 aromatic rings. The first-order valence-electron chi connectivity index (χ1n) is 7.32. The lowest BCUT2D eigenvalue weighted by molar-refractivity contribution is 0.0596. The Labute approximate surface area is 138 Å². The van der Waals surface area contributed by atoms with Crippen LogP contribution in [0.2, 0.25) is 0 Å². The molecule has 24 heavy (non-hydrogen) atoms. The van der Waals surface area contributed by atoms with E-state index in [0.29, 0.717) is 11.4 Å². The lowest BCUT2D eigenvalue weighted by Crippen LogP contribution is -2.28. The van der Waals surface area contributed by atoms with Crippen molar-refractivity contribution in [2.45, 2.75) is 26.2 Å². The van der Waals surface area contributed by atoms with Crippen LogP contribution in [0.5, 0.6) is 5.75 Å². The van der Waals surface area contributed by atoms with Crippen LogP contribution in [0.3, 0.4) is 0 Å². The fraction of sp³-hybridized carbons (Fsp3) is 0.353. The van der Waals surface area contributed by atoms with Crippen molar-refractivity contribution in [3.63, 3.8) is 0 Å². The van der Waals surface area contributed by atoms with Gasteiger partial charge in [-0.05, 0) is 17.5 Å². The zero-order valence-corrected chi connectivity index (χ0v) is 14.3. The molecule has 0 aliphatic heterocycles. The molecular formula is C17H20N2O5. The first-order chi connectivity index (χ1) is 11.2. The highest BCUT2D eigenvalue weighted by molar-refractivity contribution is 5.94. The molecular weight excluding hydrogens is 312 g/mol.